The standard InChI is InChI=1S/C20H25NO2.C4H4O4/c1-2-22-18-9-7-16(8-10-18)20-6-4-3-5-17(20)15-23-19-11-13-21-14-12-19;5-3(6)1-2-4(7)8/h3-10,19,21H,2,11-15H2,1H3;1-2H,(H,5,6)(H,7,8). The first-order chi connectivity index (χ1) is 15.0. The van der Waals surface area contributed by atoms with E-state index in [4.69, 9.17) is 19.7 Å². The molecule has 3 N–H and O–H groups in total. The van der Waals surface area contributed by atoms with E-state index in [-0.39, 0.29) is 0 Å². The molecule has 1 aliphatic rings. The molecule has 0 saturated carbocycles. The molecule has 3 rings (SSSR count). The Morgan fingerprint density at radius 1 is 1.00 bits per heavy atom. The summed E-state index contributed by atoms with van der Waals surface area (Å²) in [4.78, 5) is 19.1. The van der Waals surface area contributed by atoms with Crippen LogP contribution >= 0.6 is 0 Å². The predicted octanol–water partition coefficient (Wildman–Crippen LogP) is 3.73. The maximum absolute atomic E-state index is 9.55. The SMILES string of the molecule is CCOc1ccc(-c2ccccc2COC2CCNCC2)cc1.O=C(O)C=CC(=O)O. The minimum Gasteiger partial charge on any atom is -0.494 e. The van der Waals surface area contributed by atoms with Crippen LogP contribution in [-0.2, 0) is 20.9 Å². The lowest BCUT2D eigenvalue weighted by molar-refractivity contribution is -0.134. The van der Waals surface area contributed by atoms with Crippen LogP contribution in [0.4, 0.5) is 0 Å². The van der Waals surface area contributed by atoms with Crippen molar-refractivity contribution in [3.8, 4) is 16.9 Å². The summed E-state index contributed by atoms with van der Waals surface area (Å²) in [6.45, 7) is 5.49. The summed E-state index contributed by atoms with van der Waals surface area (Å²) in [5, 5.41) is 19.0. The number of aliphatic carboxylic acids is 2. The van der Waals surface area contributed by atoms with Crippen molar-refractivity contribution in [3.05, 3.63) is 66.2 Å². The zero-order chi connectivity index (χ0) is 22.5. The van der Waals surface area contributed by atoms with E-state index in [0.717, 1.165) is 31.7 Å². The Morgan fingerprint density at radius 2 is 1.61 bits per heavy atom. The second-order valence-corrected chi connectivity index (χ2v) is 6.88. The third-order valence-corrected chi connectivity index (χ3v) is 4.62. The maximum Gasteiger partial charge on any atom is 0.328 e. The monoisotopic (exact) mass is 427 g/mol. The van der Waals surface area contributed by atoms with Crippen LogP contribution in [0.15, 0.2) is 60.7 Å². The molecule has 2 aromatic carbocycles. The highest BCUT2D eigenvalue weighted by Gasteiger charge is 2.14. The van der Waals surface area contributed by atoms with Crippen molar-refractivity contribution in [1.82, 2.24) is 5.32 Å². The minimum absolute atomic E-state index is 0.379. The smallest absolute Gasteiger partial charge is 0.328 e. The average molecular weight is 427 g/mol. The molecule has 31 heavy (non-hydrogen) atoms. The molecule has 0 atom stereocenters. The van der Waals surface area contributed by atoms with Crippen LogP contribution in [0.3, 0.4) is 0 Å². The number of carboxylic acids is 2. The minimum atomic E-state index is -1.26. The predicted molar refractivity (Wildman–Crippen MR) is 118 cm³/mol. The number of benzene rings is 2. The summed E-state index contributed by atoms with van der Waals surface area (Å²) in [5.74, 6) is -1.60. The number of hydrogen-bond donors (Lipinski definition) is 3. The van der Waals surface area contributed by atoms with E-state index >= 15 is 0 Å². The second-order valence-electron chi connectivity index (χ2n) is 6.88. The van der Waals surface area contributed by atoms with Crippen molar-refractivity contribution in [3.63, 3.8) is 0 Å². The Morgan fingerprint density at radius 3 is 2.19 bits per heavy atom. The van der Waals surface area contributed by atoms with Crippen molar-refractivity contribution in [2.75, 3.05) is 19.7 Å². The summed E-state index contributed by atoms with van der Waals surface area (Å²) in [5.41, 5.74) is 3.69. The van der Waals surface area contributed by atoms with E-state index in [9.17, 15) is 9.59 Å². The first kappa shape index (κ1) is 24.1. The molecule has 1 saturated heterocycles. The van der Waals surface area contributed by atoms with Crippen molar-refractivity contribution < 1.29 is 29.3 Å². The molecule has 166 valence electrons. The van der Waals surface area contributed by atoms with Gasteiger partial charge < -0.3 is 25.0 Å². The Kier molecular flexibility index (Phi) is 10.3. The summed E-state index contributed by atoms with van der Waals surface area (Å²) in [7, 11) is 0. The summed E-state index contributed by atoms with van der Waals surface area (Å²) in [6, 6.07) is 16.8. The Labute approximate surface area is 182 Å². The Bertz CT molecular complexity index is 841. The van der Waals surface area contributed by atoms with Crippen molar-refractivity contribution in [1.29, 1.82) is 0 Å². The lowest BCUT2D eigenvalue weighted by Gasteiger charge is -2.23. The van der Waals surface area contributed by atoms with Gasteiger partial charge in [-0.15, -0.1) is 0 Å². The Balaban J connectivity index is 0.000000366. The highest BCUT2D eigenvalue weighted by molar-refractivity contribution is 5.89. The summed E-state index contributed by atoms with van der Waals surface area (Å²) >= 11 is 0. The molecule has 0 radical (unpaired) electrons. The zero-order valence-corrected chi connectivity index (χ0v) is 17.6. The van der Waals surface area contributed by atoms with Crippen LogP contribution < -0.4 is 10.1 Å². The van der Waals surface area contributed by atoms with Crippen molar-refractivity contribution >= 4 is 11.9 Å². The molecule has 0 aromatic heterocycles. The van der Waals surface area contributed by atoms with Gasteiger partial charge >= 0.3 is 11.9 Å². The molecule has 0 spiro atoms. The van der Waals surface area contributed by atoms with Gasteiger partial charge in [0.2, 0.25) is 0 Å². The number of hydrogen-bond acceptors (Lipinski definition) is 5. The average Bonchev–Trinajstić information content (AvgIpc) is 2.78. The topological polar surface area (TPSA) is 105 Å². The number of carbonyl (C=O) groups is 2. The molecule has 0 aliphatic carbocycles. The second kappa shape index (κ2) is 13.2. The first-order valence-electron chi connectivity index (χ1n) is 10.3. The van der Waals surface area contributed by atoms with Crippen molar-refractivity contribution in [2.45, 2.75) is 32.5 Å². The Hall–Kier alpha value is -3.16. The van der Waals surface area contributed by atoms with E-state index in [0.29, 0.717) is 31.5 Å². The van der Waals surface area contributed by atoms with Gasteiger partial charge in [-0.25, -0.2) is 9.59 Å². The molecule has 1 fully saturated rings. The van der Waals surface area contributed by atoms with Gasteiger partial charge in [0.1, 0.15) is 5.75 Å². The lowest BCUT2D eigenvalue weighted by Crippen LogP contribution is -2.32. The van der Waals surface area contributed by atoms with Crippen LogP contribution in [0.2, 0.25) is 0 Å². The van der Waals surface area contributed by atoms with Crippen LogP contribution in [-0.4, -0.2) is 48.0 Å². The van der Waals surface area contributed by atoms with E-state index in [2.05, 4.69) is 41.7 Å². The molecule has 7 heteroatoms. The fourth-order valence-corrected chi connectivity index (χ4v) is 3.14. The number of nitrogens with one attached hydrogen (secondary N) is 1. The van der Waals surface area contributed by atoms with Gasteiger partial charge in [-0.3, -0.25) is 0 Å². The largest absolute Gasteiger partial charge is 0.494 e. The van der Waals surface area contributed by atoms with Crippen LogP contribution in [0.25, 0.3) is 11.1 Å². The molecule has 0 unspecified atom stereocenters. The van der Waals surface area contributed by atoms with Gasteiger partial charge in [-0.2, -0.15) is 0 Å². The molecule has 1 aliphatic heterocycles. The fourth-order valence-electron chi connectivity index (χ4n) is 3.14. The normalized spacial score (nSPS) is 14.0. The van der Waals surface area contributed by atoms with E-state index in [1.54, 1.807) is 0 Å². The number of piperidine rings is 1. The molecule has 0 bridgehead atoms. The zero-order valence-electron chi connectivity index (χ0n) is 17.6. The van der Waals surface area contributed by atoms with Crippen LogP contribution in [0.5, 0.6) is 5.75 Å². The molecule has 1 heterocycles. The van der Waals surface area contributed by atoms with Crippen molar-refractivity contribution in [2.24, 2.45) is 0 Å². The van der Waals surface area contributed by atoms with Gasteiger partial charge in [0.15, 0.2) is 0 Å². The van der Waals surface area contributed by atoms with Gasteiger partial charge in [0.05, 0.1) is 19.3 Å². The van der Waals surface area contributed by atoms with Crippen LogP contribution in [0, 0.1) is 0 Å². The molecular weight excluding hydrogens is 398 g/mol. The van der Waals surface area contributed by atoms with Crippen LogP contribution in [0.1, 0.15) is 25.3 Å². The molecule has 2 aromatic rings. The quantitative estimate of drug-likeness (QED) is 0.551. The van der Waals surface area contributed by atoms with Gasteiger partial charge in [0.25, 0.3) is 0 Å². The molecular formula is C24H29NO6. The number of ether oxygens (including phenoxy) is 2. The summed E-state index contributed by atoms with van der Waals surface area (Å²) < 4.78 is 11.7. The highest BCUT2D eigenvalue weighted by Crippen LogP contribution is 2.27. The highest BCUT2D eigenvalue weighted by atomic mass is 16.5. The number of rotatable bonds is 8. The third kappa shape index (κ3) is 9.02. The van der Waals surface area contributed by atoms with Gasteiger partial charge in [-0.1, -0.05) is 36.4 Å². The van der Waals surface area contributed by atoms with Gasteiger partial charge in [0, 0.05) is 12.2 Å². The number of carboxylic acid groups (broad SMARTS) is 2. The van der Waals surface area contributed by atoms with E-state index in [1.165, 1.54) is 16.7 Å². The van der Waals surface area contributed by atoms with E-state index in [1.807, 2.05) is 19.1 Å². The fraction of sp³-hybridized carbons (Fsp3) is 0.333. The lowest BCUT2D eigenvalue weighted by atomic mass is 10.00. The maximum atomic E-state index is 9.55. The van der Waals surface area contributed by atoms with E-state index < -0.39 is 11.9 Å². The molecule has 7 nitrogen and oxygen atoms in total. The third-order valence-electron chi connectivity index (χ3n) is 4.62. The summed E-state index contributed by atoms with van der Waals surface area (Å²) in [6.07, 6.45) is 3.70. The van der Waals surface area contributed by atoms with Gasteiger partial charge in [-0.05, 0) is 61.7 Å². The first-order valence-corrected chi connectivity index (χ1v) is 10.3. The molecule has 0 amide bonds.